The monoisotopic (exact) mass is 207 g/mol. The van der Waals surface area contributed by atoms with Gasteiger partial charge in [0, 0.05) is 13.0 Å². The molecule has 0 saturated carbocycles. The Morgan fingerprint density at radius 1 is 1.46 bits per heavy atom. The number of halogens is 1. The van der Waals surface area contributed by atoms with Crippen molar-refractivity contribution in [1.82, 2.24) is 5.32 Å². The molecule has 0 bridgehead atoms. The highest BCUT2D eigenvalue weighted by molar-refractivity contribution is 6.18. The van der Waals surface area contributed by atoms with Crippen LogP contribution < -0.4 is 5.32 Å². The summed E-state index contributed by atoms with van der Waals surface area (Å²) >= 11 is 5.68. The largest absolute Gasteiger partial charge is 0.379 e. The Morgan fingerprint density at radius 3 is 2.54 bits per heavy atom. The fourth-order valence-corrected chi connectivity index (χ4v) is 1.00. The molecule has 1 atom stereocenters. The Bertz CT molecular complexity index is 128. The van der Waals surface area contributed by atoms with E-state index in [-0.39, 0.29) is 5.60 Å². The van der Waals surface area contributed by atoms with Crippen molar-refractivity contribution in [2.75, 3.05) is 26.1 Å². The van der Waals surface area contributed by atoms with Crippen LogP contribution in [0.15, 0.2) is 0 Å². The van der Waals surface area contributed by atoms with Crippen LogP contribution in [-0.4, -0.2) is 31.7 Å². The number of alkyl halides is 1. The first kappa shape index (κ1) is 13.2. The molecule has 0 rings (SSSR count). The van der Waals surface area contributed by atoms with Gasteiger partial charge in [-0.25, -0.2) is 0 Å². The molecule has 2 nitrogen and oxygen atoms in total. The molecule has 1 N–H and O–H groups in total. The molecule has 0 amide bonds. The second-order valence-corrected chi connectivity index (χ2v) is 4.49. The fourth-order valence-electron chi connectivity index (χ4n) is 0.894. The molecule has 0 aromatic rings. The van der Waals surface area contributed by atoms with Gasteiger partial charge in [-0.1, -0.05) is 6.92 Å². The first-order valence-electron chi connectivity index (χ1n) is 4.83. The van der Waals surface area contributed by atoms with Crippen LogP contribution >= 0.6 is 11.6 Å². The Balaban J connectivity index is 3.35. The van der Waals surface area contributed by atoms with E-state index in [4.69, 9.17) is 16.3 Å². The van der Waals surface area contributed by atoms with E-state index >= 15 is 0 Å². The lowest BCUT2D eigenvalue weighted by atomic mass is 10.1. The van der Waals surface area contributed by atoms with Gasteiger partial charge in [-0.15, -0.1) is 11.6 Å². The predicted molar refractivity (Wildman–Crippen MR) is 58.5 cm³/mol. The number of hydrogen-bond donors (Lipinski definition) is 1. The highest BCUT2D eigenvalue weighted by Crippen LogP contribution is 2.11. The summed E-state index contributed by atoms with van der Waals surface area (Å²) in [4.78, 5) is 0. The maximum atomic E-state index is 5.68. The van der Waals surface area contributed by atoms with Crippen LogP contribution in [0.4, 0.5) is 0 Å². The minimum Gasteiger partial charge on any atom is -0.379 e. The molecule has 0 aromatic heterocycles. The minimum absolute atomic E-state index is 0.0167. The highest BCUT2D eigenvalue weighted by Gasteiger charge is 2.14. The SMILES string of the molecule is COC(C)(C)CCNCC(C)CCl. The fraction of sp³-hybridized carbons (Fsp3) is 1.00. The highest BCUT2D eigenvalue weighted by atomic mass is 35.5. The molecule has 0 aromatic carbocycles. The van der Waals surface area contributed by atoms with Gasteiger partial charge in [0.05, 0.1) is 5.60 Å². The van der Waals surface area contributed by atoms with Crippen molar-refractivity contribution in [3.63, 3.8) is 0 Å². The topological polar surface area (TPSA) is 21.3 Å². The van der Waals surface area contributed by atoms with Crippen LogP contribution in [0.25, 0.3) is 0 Å². The first-order chi connectivity index (χ1) is 6.02. The molecule has 0 saturated heterocycles. The molecule has 80 valence electrons. The standard InChI is InChI=1S/C10H22ClNO/c1-9(7-11)8-12-6-5-10(2,3)13-4/h9,12H,5-8H2,1-4H3. The molecule has 0 aliphatic heterocycles. The minimum atomic E-state index is -0.0167. The van der Waals surface area contributed by atoms with Crippen molar-refractivity contribution in [3.05, 3.63) is 0 Å². The summed E-state index contributed by atoms with van der Waals surface area (Å²) in [5, 5.41) is 3.36. The maximum Gasteiger partial charge on any atom is 0.0634 e. The summed E-state index contributed by atoms with van der Waals surface area (Å²) in [6, 6.07) is 0. The first-order valence-corrected chi connectivity index (χ1v) is 5.37. The molecular weight excluding hydrogens is 186 g/mol. The van der Waals surface area contributed by atoms with Crippen LogP contribution in [-0.2, 0) is 4.74 Å². The van der Waals surface area contributed by atoms with Gasteiger partial charge in [0.1, 0.15) is 0 Å². The number of hydrogen-bond acceptors (Lipinski definition) is 2. The lowest BCUT2D eigenvalue weighted by molar-refractivity contribution is 0.0158. The summed E-state index contributed by atoms with van der Waals surface area (Å²) < 4.78 is 5.30. The van der Waals surface area contributed by atoms with Crippen molar-refractivity contribution < 1.29 is 4.74 Å². The van der Waals surface area contributed by atoms with E-state index in [1.54, 1.807) is 7.11 Å². The quantitative estimate of drug-likeness (QED) is 0.511. The van der Waals surface area contributed by atoms with Crippen molar-refractivity contribution in [2.24, 2.45) is 5.92 Å². The van der Waals surface area contributed by atoms with Crippen LogP contribution in [0.1, 0.15) is 27.2 Å². The summed E-state index contributed by atoms with van der Waals surface area (Å²) in [7, 11) is 1.75. The van der Waals surface area contributed by atoms with E-state index in [0.717, 1.165) is 25.4 Å². The summed E-state index contributed by atoms with van der Waals surface area (Å²) in [5.74, 6) is 1.27. The zero-order chi connectivity index (χ0) is 10.3. The summed E-state index contributed by atoms with van der Waals surface area (Å²) in [6.45, 7) is 8.31. The molecule has 0 heterocycles. The molecule has 0 aliphatic carbocycles. The second-order valence-electron chi connectivity index (χ2n) is 4.18. The van der Waals surface area contributed by atoms with Gasteiger partial charge in [0.25, 0.3) is 0 Å². The third kappa shape index (κ3) is 7.29. The van der Waals surface area contributed by atoms with Crippen molar-refractivity contribution >= 4 is 11.6 Å². The van der Waals surface area contributed by atoms with Gasteiger partial charge >= 0.3 is 0 Å². The third-order valence-corrected chi connectivity index (χ3v) is 2.74. The van der Waals surface area contributed by atoms with E-state index in [0.29, 0.717) is 5.92 Å². The number of ether oxygens (including phenoxy) is 1. The number of methoxy groups -OCH3 is 1. The van der Waals surface area contributed by atoms with E-state index in [9.17, 15) is 0 Å². The van der Waals surface area contributed by atoms with Gasteiger partial charge < -0.3 is 10.1 Å². The molecule has 3 heteroatoms. The van der Waals surface area contributed by atoms with E-state index in [1.807, 2.05) is 0 Å². The zero-order valence-electron chi connectivity index (χ0n) is 9.19. The summed E-state index contributed by atoms with van der Waals surface area (Å²) in [6.07, 6.45) is 1.03. The average Bonchev–Trinajstić information content (AvgIpc) is 2.12. The maximum absolute atomic E-state index is 5.68. The second kappa shape index (κ2) is 6.63. The van der Waals surface area contributed by atoms with Gasteiger partial charge in [0.15, 0.2) is 0 Å². The lowest BCUT2D eigenvalue weighted by Gasteiger charge is -2.23. The molecule has 1 unspecified atom stereocenters. The van der Waals surface area contributed by atoms with E-state index in [1.165, 1.54) is 0 Å². The molecule has 0 fully saturated rings. The number of rotatable bonds is 7. The van der Waals surface area contributed by atoms with Crippen LogP contribution in [0.5, 0.6) is 0 Å². The summed E-state index contributed by atoms with van der Waals surface area (Å²) in [5.41, 5.74) is -0.0167. The molecule has 0 aliphatic rings. The molecule has 0 spiro atoms. The lowest BCUT2D eigenvalue weighted by Crippen LogP contribution is -2.31. The number of nitrogens with one attached hydrogen (secondary N) is 1. The van der Waals surface area contributed by atoms with Crippen LogP contribution in [0.3, 0.4) is 0 Å². The smallest absolute Gasteiger partial charge is 0.0634 e. The Labute approximate surface area is 87.0 Å². The van der Waals surface area contributed by atoms with E-state index < -0.39 is 0 Å². The average molecular weight is 208 g/mol. The van der Waals surface area contributed by atoms with Crippen molar-refractivity contribution in [3.8, 4) is 0 Å². The molecule has 0 radical (unpaired) electrons. The van der Waals surface area contributed by atoms with Crippen LogP contribution in [0.2, 0.25) is 0 Å². The molecule has 13 heavy (non-hydrogen) atoms. The molecular formula is C10H22ClNO. The van der Waals surface area contributed by atoms with Gasteiger partial charge in [-0.3, -0.25) is 0 Å². The zero-order valence-corrected chi connectivity index (χ0v) is 9.95. The third-order valence-electron chi connectivity index (χ3n) is 2.21. The van der Waals surface area contributed by atoms with Crippen molar-refractivity contribution in [2.45, 2.75) is 32.8 Å². The van der Waals surface area contributed by atoms with E-state index in [2.05, 4.69) is 26.1 Å². The predicted octanol–water partition coefficient (Wildman–Crippen LogP) is 2.27. The van der Waals surface area contributed by atoms with Crippen molar-refractivity contribution in [1.29, 1.82) is 0 Å². The normalized spacial score (nSPS) is 14.5. The Kier molecular flexibility index (Phi) is 6.74. The Morgan fingerprint density at radius 2 is 2.08 bits per heavy atom. The van der Waals surface area contributed by atoms with Gasteiger partial charge in [0.2, 0.25) is 0 Å². The van der Waals surface area contributed by atoms with Gasteiger partial charge in [-0.2, -0.15) is 0 Å². The Hall–Kier alpha value is 0.210. The van der Waals surface area contributed by atoms with Gasteiger partial charge in [-0.05, 0) is 39.3 Å². The van der Waals surface area contributed by atoms with Crippen LogP contribution in [0, 0.1) is 5.92 Å².